The summed E-state index contributed by atoms with van der Waals surface area (Å²) in [6, 6.07) is 0. The second-order valence-electron chi connectivity index (χ2n) is 2.61. The number of nitrogens with one attached hydrogen (secondary N) is 1. The minimum absolute atomic E-state index is 0.774. The molecule has 0 radical (unpaired) electrons. The minimum Gasteiger partial charge on any atom is -0.365 e. The summed E-state index contributed by atoms with van der Waals surface area (Å²) in [4.78, 5) is 9.90. The maximum atomic E-state index is 9.90. The van der Waals surface area contributed by atoms with Gasteiger partial charge in [0.1, 0.15) is 6.29 Å². The zero-order valence-corrected chi connectivity index (χ0v) is 6.55. The molecule has 1 N–H and O–H groups in total. The molecule has 0 heterocycles. The molecule has 0 amide bonds. The van der Waals surface area contributed by atoms with Crippen molar-refractivity contribution in [3.05, 3.63) is 24.0 Å². The number of rotatable bonds is 3. The van der Waals surface area contributed by atoms with Crippen LogP contribution in [0.15, 0.2) is 24.0 Å². The molecule has 1 aliphatic carbocycles. The first-order chi connectivity index (χ1) is 5.43. The molecule has 1 rings (SSSR count). The molecule has 0 fully saturated rings. The highest BCUT2D eigenvalue weighted by molar-refractivity contribution is 5.64. The van der Waals surface area contributed by atoms with Crippen molar-refractivity contribution < 1.29 is 4.79 Å². The molecular weight excluding hydrogens is 138 g/mol. The molecule has 2 nitrogen and oxygen atoms in total. The fourth-order valence-electron chi connectivity index (χ4n) is 1.16. The van der Waals surface area contributed by atoms with Gasteiger partial charge in [-0.15, -0.1) is 0 Å². The van der Waals surface area contributed by atoms with Crippen LogP contribution in [0.2, 0.25) is 0 Å². The van der Waals surface area contributed by atoms with Crippen LogP contribution in [0.5, 0.6) is 0 Å². The maximum absolute atomic E-state index is 9.90. The Balaban J connectivity index is 2.29. The van der Waals surface area contributed by atoms with Gasteiger partial charge in [-0.05, 0) is 31.8 Å². The summed E-state index contributed by atoms with van der Waals surface area (Å²) in [7, 11) is 0. The maximum Gasteiger partial charge on any atom is 0.144 e. The van der Waals surface area contributed by atoms with E-state index in [4.69, 9.17) is 0 Å². The molecule has 0 aromatic heterocycles. The van der Waals surface area contributed by atoms with Gasteiger partial charge in [0, 0.05) is 11.9 Å². The lowest BCUT2D eigenvalue weighted by Gasteiger charge is -2.11. The third-order valence-corrected chi connectivity index (χ3v) is 1.73. The number of carbonyl (C=O) groups excluding carboxylic acids is 1. The van der Waals surface area contributed by atoms with Crippen LogP contribution in [0.3, 0.4) is 0 Å². The standard InChI is InChI=1S/C9H13NO/c11-8-4-7-10-9-5-2-1-3-6-9/h4-5,7-8,10H,1-3,6H2. The van der Waals surface area contributed by atoms with Gasteiger partial charge in [0.2, 0.25) is 0 Å². The topological polar surface area (TPSA) is 29.1 Å². The van der Waals surface area contributed by atoms with Gasteiger partial charge in [-0.25, -0.2) is 0 Å². The lowest BCUT2D eigenvalue weighted by molar-refractivity contribution is -0.104. The fraction of sp³-hybridized carbons (Fsp3) is 0.444. The molecule has 0 saturated heterocycles. The monoisotopic (exact) mass is 151 g/mol. The van der Waals surface area contributed by atoms with Crippen LogP contribution in [0, 0.1) is 0 Å². The first-order valence-corrected chi connectivity index (χ1v) is 3.99. The van der Waals surface area contributed by atoms with Crippen LogP contribution in [0.1, 0.15) is 25.7 Å². The molecule has 60 valence electrons. The van der Waals surface area contributed by atoms with E-state index in [2.05, 4.69) is 11.4 Å². The lowest BCUT2D eigenvalue weighted by atomic mass is 10.1. The van der Waals surface area contributed by atoms with Gasteiger partial charge in [0.25, 0.3) is 0 Å². The van der Waals surface area contributed by atoms with Crippen LogP contribution in [-0.4, -0.2) is 6.29 Å². The molecule has 0 unspecified atom stereocenters. The van der Waals surface area contributed by atoms with Crippen molar-refractivity contribution in [3.63, 3.8) is 0 Å². The molecular formula is C9H13NO. The Hall–Kier alpha value is -1.05. The zero-order valence-electron chi connectivity index (χ0n) is 6.55. The molecule has 11 heavy (non-hydrogen) atoms. The van der Waals surface area contributed by atoms with Gasteiger partial charge in [-0.2, -0.15) is 0 Å². The molecule has 0 aromatic carbocycles. The molecule has 0 aromatic rings. The molecule has 0 atom stereocenters. The highest BCUT2D eigenvalue weighted by Crippen LogP contribution is 2.14. The van der Waals surface area contributed by atoms with E-state index >= 15 is 0 Å². The van der Waals surface area contributed by atoms with Crippen molar-refractivity contribution >= 4 is 6.29 Å². The lowest BCUT2D eigenvalue weighted by Crippen LogP contribution is -2.07. The Kier molecular flexibility index (Phi) is 3.45. The Morgan fingerprint density at radius 1 is 1.45 bits per heavy atom. The Morgan fingerprint density at radius 2 is 2.36 bits per heavy atom. The van der Waals surface area contributed by atoms with E-state index in [1.54, 1.807) is 6.20 Å². The average molecular weight is 151 g/mol. The van der Waals surface area contributed by atoms with Crippen LogP contribution in [0.4, 0.5) is 0 Å². The summed E-state index contributed by atoms with van der Waals surface area (Å²) in [6.45, 7) is 0. The van der Waals surface area contributed by atoms with Crippen LogP contribution < -0.4 is 5.32 Å². The van der Waals surface area contributed by atoms with Crippen molar-refractivity contribution in [3.8, 4) is 0 Å². The predicted molar refractivity (Wildman–Crippen MR) is 44.9 cm³/mol. The Morgan fingerprint density at radius 3 is 3.00 bits per heavy atom. The predicted octanol–water partition coefficient (Wildman–Crippen LogP) is 1.75. The SMILES string of the molecule is O=CC=CNC1=CCCCC1. The third kappa shape index (κ3) is 3.03. The van der Waals surface area contributed by atoms with Crippen molar-refractivity contribution in [2.75, 3.05) is 0 Å². The minimum atomic E-state index is 0.774. The van der Waals surface area contributed by atoms with Crippen LogP contribution in [-0.2, 0) is 4.79 Å². The number of allylic oxidation sites excluding steroid dienone is 3. The molecule has 0 aliphatic heterocycles. The highest BCUT2D eigenvalue weighted by atomic mass is 16.1. The van der Waals surface area contributed by atoms with Crippen LogP contribution >= 0.6 is 0 Å². The van der Waals surface area contributed by atoms with E-state index in [1.165, 1.54) is 24.6 Å². The average Bonchev–Trinajstić information content (AvgIpc) is 2.07. The van der Waals surface area contributed by atoms with Gasteiger partial charge in [0.05, 0.1) is 0 Å². The fourth-order valence-corrected chi connectivity index (χ4v) is 1.16. The van der Waals surface area contributed by atoms with Gasteiger partial charge in [0.15, 0.2) is 0 Å². The smallest absolute Gasteiger partial charge is 0.144 e. The Labute approximate surface area is 67.0 Å². The molecule has 2 heteroatoms. The van der Waals surface area contributed by atoms with E-state index in [0.29, 0.717) is 0 Å². The summed E-state index contributed by atoms with van der Waals surface area (Å²) in [5.41, 5.74) is 1.24. The second kappa shape index (κ2) is 4.72. The number of aldehydes is 1. The normalized spacial score (nSPS) is 18.0. The molecule has 0 bridgehead atoms. The zero-order chi connectivity index (χ0) is 7.94. The first kappa shape index (κ1) is 8.05. The summed E-state index contributed by atoms with van der Waals surface area (Å²) >= 11 is 0. The third-order valence-electron chi connectivity index (χ3n) is 1.73. The van der Waals surface area contributed by atoms with Crippen LogP contribution in [0.25, 0.3) is 0 Å². The summed E-state index contributed by atoms with van der Waals surface area (Å²) < 4.78 is 0. The summed E-state index contributed by atoms with van der Waals surface area (Å²) in [5, 5.41) is 3.07. The largest absolute Gasteiger partial charge is 0.365 e. The quantitative estimate of drug-likeness (QED) is 0.491. The molecule has 0 saturated carbocycles. The first-order valence-electron chi connectivity index (χ1n) is 3.99. The number of carbonyl (C=O) groups is 1. The van der Waals surface area contributed by atoms with E-state index in [-0.39, 0.29) is 0 Å². The van der Waals surface area contributed by atoms with Gasteiger partial charge < -0.3 is 5.32 Å². The molecule has 0 spiro atoms. The van der Waals surface area contributed by atoms with Crippen molar-refractivity contribution in [2.45, 2.75) is 25.7 Å². The highest BCUT2D eigenvalue weighted by Gasteiger charge is 1.99. The van der Waals surface area contributed by atoms with E-state index < -0.39 is 0 Å². The van der Waals surface area contributed by atoms with E-state index in [1.807, 2.05) is 0 Å². The van der Waals surface area contributed by atoms with E-state index in [9.17, 15) is 4.79 Å². The van der Waals surface area contributed by atoms with Gasteiger partial charge in [-0.3, -0.25) is 4.79 Å². The second-order valence-corrected chi connectivity index (χ2v) is 2.61. The van der Waals surface area contributed by atoms with Crippen molar-refractivity contribution in [1.29, 1.82) is 0 Å². The van der Waals surface area contributed by atoms with Gasteiger partial charge >= 0.3 is 0 Å². The van der Waals surface area contributed by atoms with Crippen molar-refractivity contribution in [1.82, 2.24) is 5.32 Å². The summed E-state index contributed by atoms with van der Waals surface area (Å²) in [6.07, 6.45) is 10.9. The Bertz CT molecular complexity index is 182. The molecule has 1 aliphatic rings. The number of hydrogen-bond acceptors (Lipinski definition) is 2. The van der Waals surface area contributed by atoms with Gasteiger partial charge in [-0.1, -0.05) is 6.08 Å². The van der Waals surface area contributed by atoms with E-state index in [0.717, 1.165) is 19.1 Å². The van der Waals surface area contributed by atoms with Crippen molar-refractivity contribution in [2.24, 2.45) is 0 Å². The summed E-state index contributed by atoms with van der Waals surface area (Å²) in [5.74, 6) is 0. The number of hydrogen-bond donors (Lipinski definition) is 1.